The van der Waals surface area contributed by atoms with Gasteiger partial charge in [0.2, 0.25) is 0 Å². The first-order valence-corrected chi connectivity index (χ1v) is 10.2. The van der Waals surface area contributed by atoms with Crippen LogP contribution in [-0.2, 0) is 0 Å². The number of thioether (sulfide) groups is 1. The number of halogens is 1. The highest BCUT2D eigenvalue weighted by molar-refractivity contribution is 9.10. The van der Waals surface area contributed by atoms with E-state index < -0.39 is 0 Å². The minimum Gasteiger partial charge on any atom is -0.322 e. The van der Waals surface area contributed by atoms with Crippen LogP contribution < -0.4 is 5.32 Å². The molecule has 1 N–H and O–H groups in total. The van der Waals surface area contributed by atoms with E-state index in [-0.39, 0.29) is 11.7 Å². The van der Waals surface area contributed by atoms with Crippen molar-refractivity contribution in [3.8, 4) is 0 Å². The third kappa shape index (κ3) is 5.55. The van der Waals surface area contributed by atoms with Crippen molar-refractivity contribution in [1.82, 2.24) is 0 Å². The number of hydrogen-bond acceptors (Lipinski definition) is 3. The van der Waals surface area contributed by atoms with Gasteiger partial charge in [-0.15, -0.1) is 11.8 Å². The average molecular weight is 440 g/mol. The van der Waals surface area contributed by atoms with Crippen LogP contribution in [0.2, 0.25) is 0 Å². The molecule has 3 nitrogen and oxygen atoms in total. The Morgan fingerprint density at radius 3 is 2.30 bits per heavy atom. The van der Waals surface area contributed by atoms with Gasteiger partial charge in [-0.3, -0.25) is 9.59 Å². The van der Waals surface area contributed by atoms with E-state index in [9.17, 15) is 9.59 Å². The van der Waals surface area contributed by atoms with Crippen LogP contribution in [0.4, 0.5) is 5.69 Å². The lowest BCUT2D eigenvalue weighted by Crippen LogP contribution is -2.11. The third-order valence-electron chi connectivity index (χ3n) is 3.93. The smallest absolute Gasteiger partial charge is 0.255 e. The van der Waals surface area contributed by atoms with Crippen LogP contribution in [0, 0.1) is 6.92 Å². The quantitative estimate of drug-likeness (QED) is 0.379. The molecule has 0 radical (unpaired) electrons. The molecule has 1 amide bonds. The van der Waals surface area contributed by atoms with Gasteiger partial charge in [0.1, 0.15) is 0 Å². The molecule has 3 rings (SSSR count). The summed E-state index contributed by atoms with van der Waals surface area (Å²) in [5.74, 6) is 0.324. The van der Waals surface area contributed by atoms with E-state index in [0.717, 1.165) is 20.6 Å². The molecule has 5 heteroatoms. The molecule has 0 aliphatic rings. The topological polar surface area (TPSA) is 46.2 Å². The largest absolute Gasteiger partial charge is 0.322 e. The maximum absolute atomic E-state index is 12.3. The summed E-state index contributed by atoms with van der Waals surface area (Å²) in [6, 6.07) is 22.3. The van der Waals surface area contributed by atoms with E-state index in [0.29, 0.717) is 16.9 Å². The van der Waals surface area contributed by atoms with Crippen LogP contribution in [0.25, 0.3) is 0 Å². The highest BCUT2D eigenvalue weighted by Crippen LogP contribution is 2.22. The van der Waals surface area contributed by atoms with Crippen LogP contribution in [0.5, 0.6) is 0 Å². The maximum atomic E-state index is 12.3. The summed E-state index contributed by atoms with van der Waals surface area (Å²) in [4.78, 5) is 25.5. The molecule has 0 aromatic heterocycles. The molecule has 0 heterocycles. The first kappa shape index (κ1) is 19.4. The summed E-state index contributed by atoms with van der Waals surface area (Å²) in [5, 5.41) is 2.89. The summed E-state index contributed by atoms with van der Waals surface area (Å²) in [7, 11) is 0. The molecule has 27 heavy (non-hydrogen) atoms. The van der Waals surface area contributed by atoms with E-state index in [4.69, 9.17) is 0 Å². The van der Waals surface area contributed by atoms with Crippen molar-refractivity contribution in [3.63, 3.8) is 0 Å². The number of carbonyl (C=O) groups is 2. The van der Waals surface area contributed by atoms with Gasteiger partial charge in [-0.05, 0) is 55.5 Å². The number of Topliss-reactive ketones (excluding diaryl/α,β-unsaturated/α-hetero) is 1. The molecule has 0 aliphatic carbocycles. The number of ketones is 1. The second-order valence-electron chi connectivity index (χ2n) is 6.07. The number of benzene rings is 3. The van der Waals surface area contributed by atoms with Gasteiger partial charge in [0.25, 0.3) is 5.91 Å². The molecule has 3 aromatic carbocycles. The van der Waals surface area contributed by atoms with Crippen molar-refractivity contribution in [2.45, 2.75) is 11.8 Å². The Bertz CT molecular complexity index is 953. The third-order valence-corrected chi connectivity index (χ3v) is 5.47. The van der Waals surface area contributed by atoms with Gasteiger partial charge in [0, 0.05) is 26.2 Å². The number of aryl methyl sites for hydroxylation is 1. The summed E-state index contributed by atoms with van der Waals surface area (Å²) in [5.41, 5.74) is 3.11. The zero-order valence-corrected chi connectivity index (χ0v) is 17.1. The first-order valence-electron chi connectivity index (χ1n) is 8.41. The van der Waals surface area contributed by atoms with Crippen LogP contribution >= 0.6 is 27.7 Å². The zero-order chi connectivity index (χ0) is 19.2. The zero-order valence-electron chi connectivity index (χ0n) is 14.7. The molecule has 0 saturated heterocycles. The van der Waals surface area contributed by atoms with Gasteiger partial charge in [0.15, 0.2) is 5.78 Å². The average Bonchev–Trinajstić information content (AvgIpc) is 2.68. The molecular weight excluding hydrogens is 422 g/mol. The lowest BCUT2D eigenvalue weighted by Gasteiger charge is -2.07. The highest BCUT2D eigenvalue weighted by atomic mass is 79.9. The molecule has 0 spiro atoms. The molecule has 0 saturated carbocycles. The normalized spacial score (nSPS) is 10.4. The molecule has 0 fully saturated rings. The Morgan fingerprint density at radius 1 is 0.926 bits per heavy atom. The number of hydrogen-bond donors (Lipinski definition) is 1. The Labute approximate surface area is 171 Å². The van der Waals surface area contributed by atoms with Crippen LogP contribution in [0.1, 0.15) is 26.3 Å². The number of carbonyl (C=O) groups excluding carboxylic acids is 2. The van der Waals surface area contributed by atoms with Crippen molar-refractivity contribution in [2.75, 3.05) is 11.1 Å². The van der Waals surface area contributed by atoms with Gasteiger partial charge in [-0.1, -0.05) is 45.8 Å². The first-order chi connectivity index (χ1) is 13.0. The lowest BCUT2D eigenvalue weighted by atomic mass is 10.1. The van der Waals surface area contributed by atoms with Crippen molar-refractivity contribution < 1.29 is 9.59 Å². The second-order valence-corrected chi connectivity index (χ2v) is 8.03. The monoisotopic (exact) mass is 439 g/mol. The van der Waals surface area contributed by atoms with E-state index in [1.807, 2.05) is 73.7 Å². The number of anilines is 1. The molecule has 0 aliphatic heterocycles. The van der Waals surface area contributed by atoms with Crippen molar-refractivity contribution in [3.05, 3.63) is 94.0 Å². The maximum Gasteiger partial charge on any atom is 0.255 e. The fourth-order valence-corrected chi connectivity index (χ4v) is 3.55. The Balaban J connectivity index is 1.56. The highest BCUT2D eigenvalue weighted by Gasteiger charge is 2.08. The molecule has 0 unspecified atom stereocenters. The summed E-state index contributed by atoms with van der Waals surface area (Å²) in [6.07, 6.45) is 0. The van der Waals surface area contributed by atoms with E-state index in [2.05, 4.69) is 21.2 Å². The predicted octanol–water partition coefficient (Wildman–Crippen LogP) is 5.98. The standard InChI is InChI=1S/C22H18BrNO2S/c1-15-3-2-4-17(13-15)22(26)24-19-9-11-20(12-10-19)27-14-21(25)16-5-7-18(23)8-6-16/h2-13H,14H2,1H3,(H,24,26). The molecule has 0 bridgehead atoms. The minimum atomic E-state index is -0.135. The minimum absolute atomic E-state index is 0.0873. The number of amides is 1. The van der Waals surface area contributed by atoms with Gasteiger partial charge in [0.05, 0.1) is 5.75 Å². The van der Waals surface area contributed by atoms with E-state index in [1.54, 1.807) is 6.07 Å². The fraction of sp³-hybridized carbons (Fsp3) is 0.0909. The van der Waals surface area contributed by atoms with Gasteiger partial charge in [-0.2, -0.15) is 0 Å². The molecule has 3 aromatic rings. The molecule has 0 atom stereocenters. The lowest BCUT2D eigenvalue weighted by molar-refractivity contribution is 0.101. The van der Waals surface area contributed by atoms with Gasteiger partial charge in [-0.25, -0.2) is 0 Å². The van der Waals surface area contributed by atoms with Crippen molar-refractivity contribution in [2.24, 2.45) is 0 Å². The molecule has 136 valence electrons. The van der Waals surface area contributed by atoms with Crippen LogP contribution in [-0.4, -0.2) is 17.4 Å². The van der Waals surface area contributed by atoms with E-state index in [1.165, 1.54) is 11.8 Å². The number of nitrogens with one attached hydrogen (secondary N) is 1. The van der Waals surface area contributed by atoms with Gasteiger partial charge < -0.3 is 5.32 Å². The summed E-state index contributed by atoms with van der Waals surface area (Å²) >= 11 is 4.85. The van der Waals surface area contributed by atoms with Gasteiger partial charge >= 0.3 is 0 Å². The Hall–Kier alpha value is -2.37. The van der Waals surface area contributed by atoms with Crippen molar-refractivity contribution >= 4 is 45.1 Å². The van der Waals surface area contributed by atoms with Crippen LogP contribution in [0.15, 0.2) is 82.2 Å². The molecular formula is C22H18BrNO2S. The van der Waals surface area contributed by atoms with Crippen molar-refractivity contribution in [1.29, 1.82) is 0 Å². The summed E-state index contributed by atoms with van der Waals surface area (Å²) < 4.78 is 0.954. The Kier molecular flexibility index (Phi) is 6.48. The van der Waals surface area contributed by atoms with Crippen LogP contribution in [0.3, 0.4) is 0 Å². The predicted molar refractivity (Wildman–Crippen MR) is 115 cm³/mol. The SMILES string of the molecule is Cc1cccc(C(=O)Nc2ccc(SCC(=O)c3ccc(Br)cc3)cc2)c1. The Morgan fingerprint density at radius 2 is 1.63 bits per heavy atom. The number of rotatable bonds is 6. The fourth-order valence-electron chi connectivity index (χ4n) is 2.49. The second kappa shape index (κ2) is 9.02. The summed E-state index contributed by atoms with van der Waals surface area (Å²) in [6.45, 7) is 1.96. The van der Waals surface area contributed by atoms with E-state index >= 15 is 0 Å².